The average Bonchev–Trinajstić information content (AvgIpc) is 2.15. The van der Waals surface area contributed by atoms with Crippen LogP contribution < -0.4 is 0 Å². The molecule has 1 rings (SSSR count). The van der Waals surface area contributed by atoms with E-state index in [-0.39, 0.29) is 22.4 Å². The first-order valence-electron chi connectivity index (χ1n) is 4.72. The van der Waals surface area contributed by atoms with Crippen molar-refractivity contribution in [2.24, 2.45) is 0 Å². The molecule has 1 aromatic heterocycles. The van der Waals surface area contributed by atoms with Crippen LogP contribution in [-0.4, -0.2) is 17.6 Å². The number of nitrogens with zero attached hydrogens (tertiary/aromatic N) is 1. The number of rotatable bonds is 3. The molecule has 1 heterocycles. The molecule has 0 aromatic carbocycles. The maximum Gasteiger partial charge on any atom is 0.416 e. The number of carbonyl (C=O) groups excluding carboxylic acids is 1. The van der Waals surface area contributed by atoms with Crippen molar-refractivity contribution >= 4 is 28.6 Å². The van der Waals surface area contributed by atoms with Gasteiger partial charge in [0, 0.05) is 0 Å². The molecule has 7 heteroatoms. The van der Waals surface area contributed by atoms with Crippen molar-refractivity contribution in [1.29, 1.82) is 0 Å². The fraction of sp³-hybridized carbons (Fsp3) is 0.400. The molecule has 0 bridgehead atoms. The highest BCUT2D eigenvalue weighted by Crippen LogP contribution is 2.30. The van der Waals surface area contributed by atoms with Crippen molar-refractivity contribution in [1.82, 2.24) is 4.98 Å². The molecule has 1 aromatic rings. The van der Waals surface area contributed by atoms with Crippen molar-refractivity contribution in [3.8, 4) is 0 Å². The molecule has 17 heavy (non-hydrogen) atoms. The highest BCUT2D eigenvalue weighted by Gasteiger charge is 2.31. The normalized spacial score (nSPS) is 11.4. The van der Waals surface area contributed by atoms with E-state index in [0.717, 1.165) is 12.1 Å². The number of aromatic nitrogens is 1. The topological polar surface area (TPSA) is 39.2 Å². The number of carbonyl (C=O) groups is 1. The lowest BCUT2D eigenvalue weighted by Gasteiger charge is -2.09. The van der Waals surface area contributed by atoms with Gasteiger partial charge in [-0.25, -0.2) is 4.98 Å². The third-order valence-electron chi connectivity index (χ3n) is 1.81. The van der Waals surface area contributed by atoms with Gasteiger partial charge in [0.05, 0.1) is 24.3 Å². The first-order chi connectivity index (χ1) is 7.82. The Balaban J connectivity index is 2.94. The summed E-state index contributed by atoms with van der Waals surface area (Å²) in [4.78, 5) is 15.0. The Hall–Kier alpha value is -0.860. The smallest absolute Gasteiger partial charge is 0.416 e. The quantitative estimate of drug-likeness (QED) is 0.473. The predicted molar refractivity (Wildman–Crippen MR) is 62.3 cm³/mol. The van der Waals surface area contributed by atoms with Crippen LogP contribution in [0, 0.1) is 3.70 Å². The summed E-state index contributed by atoms with van der Waals surface area (Å²) in [5, 5.41) is 0. The number of hydrogen-bond acceptors (Lipinski definition) is 3. The minimum Gasteiger partial charge on any atom is -0.466 e. The van der Waals surface area contributed by atoms with Crippen LogP contribution in [0.15, 0.2) is 12.1 Å². The van der Waals surface area contributed by atoms with Crippen LogP contribution in [0.4, 0.5) is 13.2 Å². The molecular weight excluding hydrogens is 350 g/mol. The van der Waals surface area contributed by atoms with E-state index in [2.05, 4.69) is 9.72 Å². The monoisotopic (exact) mass is 359 g/mol. The van der Waals surface area contributed by atoms with Crippen molar-refractivity contribution in [3.05, 3.63) is 27.1 Å². The van der Waals surface area contributed by atoms with Crippen molar-refractivity contribution in [2.75, 3.05) is 6.61 Å². The van der Waals surface area contributed by atoms with E-state index in [1.54, 1.807) is 29.5 Å². The van der Waals surface area contributed by atoms with E-state index in [1.165, 1.54) is 0 Å². The van der Waals surface area contributed by atoms with Gasteiger partial charge in [0.1, 0.15) is 3.70 Å². The number of alkyl halides is 3. The Bertz CT molecular complexity index is 421. The summed E-state index contributed by atoms with van der Waals surface area (Å²) in [7, 11) is 0. The summed E-state index contributed by atoms with van der Waals surface area (Å²) in [5.41, 5.74) is -0.751. The van der Waals surface area contributed by atoms with Crippen molar-refractivity contribution < 1.29 is 22.7 Å². The van der Waals surface area contributed by atoms with Gasteiger partial charge in [-0.05, 0) is 41.6 Å². The molecular formula is C10H9F3INO2. The van der Waals surface area contributed by atoms with Gasteiger partial charge < -0.3 is 4.74 Å². The van der Waals surface area contributed by atoms with Crippen LogP contribution in [0.1, 0.15) is 18.2 Å². The first-order valence-corrected chi connectivity index (χ1v) is 5.80. The van der Waals surface area contributed by atoms with Gasteiger partial charge >= 0.3 is 12.1 Å². The van der Waals surface area contributed by atoms with Gasteiger partial charge in [0.15, 0.2) is 0 Å². The van der Waals surface area contributed by atoms with E-state index in [4.69, 9.17) is 0 Å². The number of pyridine rings is 1. The largest absolute Gasteiger partial charge is 0.466 e. The zero-order valence-electron chi connectivity index (χ0n) is 8.84. The van der Waals surface area contributed by atoms with Crippen LogP contribution in [0.2, 0.25) is 0 Å². The lowest BCUT2D eigenvalue weighted by molar-refractivity contribution is -0.143. The Morgan fingerprint density at radius 3 is 2.65 bits per heavy atom. The lowest BCUT2D eigenvalue weighted by atomic mass is 10.2. The van der Waals surface area contributed by atoms with Crippen molar-refractivity contribution in [3.63, 3.8) is 0 Å². The highest BCUT2D eigenvalue weighted by atomic mass is 127. The van der Waals surface area contributed by atoms with E-state index in [1.807, 2.05) is 0 Å². The summed E-state index contributed by atoms with van der Waals surface area (Å²) in [6.45, 7) is 1.82. The third kappa shape index (κ3) is 4.49. The second-order valence-electron chi connectivity index (χ2n) is 3.15. The number of hydrogen-bond donors (Lipinski definition) is 0. The maximum absolute atomic E-state index is 12.5. The van der Waals surface area contributed by atoms with Crippen molar-refractivity contribution in [2.45, 2.75) is 19.5 Å². The van der Waals surface area contributed by atoms with Gasteiger partial charge in [-0.3, -0.25) is 4.79 Å². The van der Waals surface area contributed by atoms with Crippen LogP contribution >= 0.6 is 22.6 Å². The Morgan fingerprint density at radius 2 is 2.12 bits per heavy atom. The molecule has 0 aliphatic rings. The summed E-state index contributed by atoms with van der Waals surface area (Å²) >= 11 is 1.68. The first kappa shape index (κ1) is 14.2. The van der Waals surface area contributed by atoms with Crippen LogP contribution in [0.5, 0.6) is 0 Å². The predicted octanol–water partition coefficient (Wildman–Crippen LogP) is 2.81. The lowest BCUT2D eigenvalue weighted by Crippen LogP contribution is -2.12. The summed E-state index contributed by atoms with van der Waals surface area (Å²) < 4.78 is 42.3. The van der Waals surface area contributed by atoms with Gasteiger partial charge in [-0.1, -0.05) is 0 Å². The molecule has 0 spiro atoms. The minimum absolute atomic E-state index is 0.0580. The van der Waals surface area contributed by atoms with E-state index < -0.39 is 17.7 Å². The number of ether oxygens (including phenoxy) is 1. The molecule has 0 aliphatic heterocycles. The molecule has 94 valence electrons. The third-order valence-corrected chi connectivity index (χ3v) is 2.36. The highest BCUT2D eigenvalue weighted by molar-refractivity contribution is 14.1. The summed E-state index contributed by atoms with van der Waals surface area (Å²) in [6, 6.07) is 1.79. The standard InChI is InChI=1S/C10H9F3INO2/c1-2-17-9(16)5-7-3-6(10(11,12)13)4-8(14)15-7/h3-4H,2,5H2,1H3. The molecule has 0 saturated carbocycles. The Morgan fingerprint density at radius 1 is 1.47 bits per heavy atom. The molecule has 0 atom stereocenters. The fourth-order valence-corrected chi connectivity index (χ4v) is 1.81. The summed E-state index contributed by atoms with van der Waals surface area (Å²) in [6.07, 6.45) is -4.69. The second-order valence-corrected chi connectivity index (χ2v) is 4.25. The fourth-order valence-electron chi connectivity index (χ4n) is 1.17. The van der Waals surface area contributed by atoms with E-state index >= 15 is 0 Å². The molecule has 0 fully saturated rings. The SMILES string of the molecule is CCOC(=O)Cc1cc(C(F)(F)F)cc(I)n1. The molecule has 0 saturated heterocycles. The zero-order valence-corrected chi connectivity index (χ0v) is 11.0. The Labute approximate surface area is 110 Å². The van der Waals surface area contributed by atoms with Gasteiger partial charge in [-0.15, -0.1) is 0 Å². The molecule has 0 N–H and O–H groups in total. The van der Waals surface area contributed by atoms with Crippen LogP contribution in [0.3, 0.4) is 0 Å². The van der Waals surface area contributed by atoms with Crippen LogP contribution in [-0.2, 0) is 22.1 Å². The molecule has 0 radical (unpaired) electrons. The molecule has 3 nitrogen and oxygen atoms in total. The molecule has 0 amide bonds. The number of esters is 1. The summed E-state index contributed by atoms with van der Waals surface area (Å²) in [5.74, 6) is -0.588. The van der Waals surface area contributed by atoms with Gasteiger partial charge in [-0.2, -0.15) is 13.2 Å². The number of halogens is 4. The maximum atomic E-state index is 12.5. The zero-order chi connectivity index (χ0) is 13.1. The van der Waals surface area contributed by atoms with E-state index in [0.29, 0.717) is 0 Å². The molecule has 0 unspecified atom stereocenters. The van der Waals surface area contributed by atoms with E-state index in [9.17, 15) is 18.0 Å². The second kappa shape index (κ2) is 5.65. The van der Waals surface area contributed by atoms with Crippen LogP contribution in [0.25, 0.3) is 0 Å². The Kier molecular flexibility index (Phi) is 4.72. The van der Waals surface area contributed by atoms with Gasteiger partial charge in [0.25, 0.3) is 0 Å². The molecule has 0 aliphatic carbocycles. The minimum atomic E-state index is -4.44. The van der Waals surface area contributed by atoms with Gasteiger partial charge in [0.2, 0.25) is 0 Å². The average molecular weight is 359 g/mol.